The van der Waals surface area contributed by atoms with Crippen LogP contribution in [-0.4, -0.2) is 36.4 Å². The lowest BCUT2D eigenvalue weighted by Gasteiger charge is -2.35. The summed E-state index contributed by atoms with van der Waals surface area (Å²) in [6, 6.07) is 3.89. The number of carboxylic acid groups (broad SMARTS) is 1. The second kappa shape index (κ2) is 6.12. The first-order valence-corrected chi connectivity index (χ1v) is 8.62. The van der Waals surface area contributed by atoms with Gasteiger partial charge in [-0.05, 0) is 38.0 Å². The van der Waals surface area contributed by atoms with Crippen molar-refractivity contribution in [1.82, 2.24) is 4.31 Å². The van der Waals surface area contributed by atoms with Gasteiger partial charge in [-0.2, -0.15) is 4.31 Å². The van der Waals surface area contributed by atoms with Gasteiger partial charge < -0.3 is 5.11 Å². The number of aliphatic carboxylic acids is 1. The van der Waals surface area contributed by atoms with E-state index in [0.29, 0.717) is 17.9 Å². The molecule has 2 atom stereocenters. The van der Waals surface area contributed by atoms with Crippen LogP contribution in [0.15, 0.2) is 23.1 Å². The summed E-state index contributed by atoms with van der Waals surface area (Å²) in [6.45, 7) is 1.72. The molecule has 2 rings (SSSR count). The van der Waals surface area contributed by atoms with E-state index in [1.807, 2.05) is 0 Å². The van der Waals surface area contributed by atoms with Crippen molar-refractivity contribution < 1.29 is 18.3 Å². The topological polar surface area (TPSA) is 74.7 Å². The smallest absolute Gasteiger partial charge is 0.307 e. The lowest BCUT2D eigenvalue weighted by atomic mass is 9.96. The normalized spacial score (nSPS) is 24.0. The maximum atomic E-state index is 12.7. The number of sulfonamides is 1. The number of piperidine rings is 1. The Morgan fingerprint density at radius 2 is 2.00 bits per heavy atom. The maximum Gasteiger partial charge on any atom is 0.307 e. The SMILES string of the molecule is CC1CCC(C(=O)O)CN1S(=O)(=O)c1ccc(Cl)cc1Cl. The van der Waals surface area contributed by atoms with Crippen LogP contribution in [0.4, 0.5) is 0 Å². The third kappa shape index (κ3) is 3.34. The molecule has 116 valence electrons. The van der Waals surface area contributed by atoms with E-state index in [4.69, 9.17) is 28.3 Å². The van der Waals surface area contributed by atoms with Gasteiger partial charge in [-0.3, -0.25) is 4.79 Å². The molecule has 1 N–H and O–H groups in total. The molecule has 8 heteroatoms. The van der Waals surface area contributed by atoms with Crippen LogP contribution in [0.2, 0.25) is 10.0 Å². The minimum atomic E-state index is -3.85. The van der Waals surface area contributed by atoms with Crippen molar-refractivity contribution in [3.8, 4) is 0 Å². The highest BCUT2D eigenvalue weighted by Gasteiger charge is 2.38. The van der Waals surface area contributed by atoms with E-state index in [1.54, 1.807) is 6.92 Å². The summed E-state index contributed by atoms with van der Waals surface area (Å²) in [5, 5.41) is 9.48. The van der Waals surface area contributed by atoms with E-state index in [2.05, 4.69) is 0 Å². The molecule has 1 aliphatic heterocycles. The standard InChI is InChI=1S/C13H15Cl2NO4S/c1-8-2-3-9(13(17)18)7-16(8)21(19,20)12-5-4-10(14)6-11(12)15/h4-6,8-9H,2-3,7H2,1H3,(H,17,18). The quantitative estimate of drug-likeness (QED) is 0.908. The van der Waals surface area contributed by atoms with Gasteiger partial charge in [0.15, 0.2) is 0 Å². The van der Waals surface area contributed by atoms with Crippen molar-refractivity contribution in [3.05, 3.63) is 28.2 Å². The van der Waals surface area contributed by atoms with Crippen molar-refractivity contribution >= 4 is 39.2 Å². The predicted molar refractivity (Wildman–Crippen MR) is 80.2 cm³/mol. The van der Waals surface area contributed by atoms with E-state index in [1.165, 1.54) is 22.5 Å². The van der Waals surface area contributed by atoms with Gasteiger partial charge in [0.25, 0.3) is 0 Å². The number of hydrogen-bond donors (Lipinski definition) is 1. The Balaban J connectivity index is 2.39. The van der Waals surface area contributed by atoms with Crippen molar-refractivity contribution in [3.63, 3.8) is 0 Å². The van der Waals surface area contributed by atoms with E-state index in [0.717, 1.165) is 0 Å². The molecule has 5 nitrogen and oxygen atoms in total. The fraction of sp³-hybridized carbons (Fsp3) is 0.462. The molecule has 1 heterocycles. The van der Waals surface area contributed by atoms with Crippen LogP contribution in [0.3, 0.4) is 0 Å². The number of nitrogens with zero attached hydrogens (tertiary/aromatic N) is 1. The van der Waals surface area contributed by atoms with Gasteiger partial charge in [0, 0.05) is 17.6 Å². The summed E-state index contributed by atoms with van der Waals surface area (Å²) in [4.78, 5) is 11.1. The number of hydrogen-bond acceptors (Lipinski definition) is 3. The molecule has 0 amide bonds. The number of carbonyl (C=O) groups is 1. The van der Waals surface area contributed by atoms with Gasteiger partial charge in [0.1, 0.15) is 4.90 Å². The number of carboxylic acids is 1. The van der Waals surface area contributed by atoms with E-state index in [9.17, 15) is 13.2 Å². The van der Waals surface area contributed by atoms with Crippen LogP contribution in [0.25, 0.3) is 0 Å². The number of benzene rings is 1. The third-order valence-corrected chi connectivity index (χ3v) is 6.35. The Hall–Kier alpha value is -0.820. The molecule has 0 spiro atoms. The van der Waals surface area contributed by atoms with Crippen LogP contribution >= 0.6 is 23.2 Å². The third-order valence-electron chi connectivity index (χ3n) is 3.65. The van der Waals surface area contributed by atoms with E-state index in [-0.39, 0.29) is 22.5 Å². The first-order valence-electron chi connectivity index (χ1n) is 6.43. The highest BCUT2D eigenvalue weighted by molar-refractivity contribution is 7.89. The molecule has 0 radical (unpaired) electrons. The van der Waals surface area contributed by atoms with Gasteiger partial charge in [-0.1, -0.05) is 23.2 Å². The van der Waals surface area contributed by atoms with E-state index >= 15 is 0 Å². The highest BCUT2D eigenvalue weighted by atomic mass is 35.5. The van der Waals surface area contributed by atoms with Crippen molar-refractivity contribution in [2.45, 2.75) is 30.7 Å². The van der Waals surface area contributed by atoms with Gasteiger partial charge in [0.05, 0.1) is 10.9 Å². The van der Waals surface area contributed by atoms with Gasteiger partial charge in [-0.15, -0.1) is 0 Å². The van der Waals surface area contributed by atoms with Crippen LogP contribution < -0.4 is 0 Å². The van der Waals surface area contributed by atoms with Crippen molar-refractivity contribution in [2.24, 2.45) is 5.92 Å². The molecule has 1 aromatic carbocycles. The molecule has 21 heavy (non-hydrogen) atoms. The Bertz CT molecular complexity index is 662. The van der Waals surface area contributed by atoms with Gasteiger partial charge in [-0.25, -0.2) is 8.42 Å². The molecule has 0 aliphatic carbocycles. The van der Waals surface area contributed by atoms with Crippen LogP contribution in [-0.2, 0) is 14.8 Å². The summed E-state index contributed by atoms with van der Waals surface area (Å²) in [6.07, 6.45) is 0.971. The summed E-state index contributed by atoms with van der Waals surface area (Å²) in [5.74, 6) is -1.67. The van der Waals surface area contributed by atoms with Crippen LogP contribution in [0.5, 0.6) is 0 Å². The van der Waals surface area contributed by atoms with Gasteiger partial charge >= 0.3 is 5.97 Å². The first kappa shape index (κ1) is 16.5. The largest absolute Gasteiger partial charge is 0.481 e. The summed E-state index contributed by atoms with van der Waals surface area (Å²) in [5.41, 5.74) is 0. The predicted octanol–water partition coefficient (Wildman–Crippen LogP) is 2.87. The molecule has 2 unspecified atom stereocenters. The Morgan fingerprint density at radius 1 is 1.33 bits per heavy atom. The molecule has 0 bridgehead atoms. The fourth-order valence-corrected chi connectivity index (χ4v) is 4.88. The molecule has 0 saturated carbocycles. The molecule has 0 aromatic heterocycles. The second-order valence-corrected chi connectivity index (χ2v) is 7.81. The zero-order valence-corrected chi connectivity index (χ0v) is 13.6. The number of rotatable bonds is 3. The molecule has 1 aliphatic rings. The fourth-order valence-electron chi connectivity index (χ4n) is 2.42. The van der Waals surface area contributed by atoms with E-state index < -0.39 is 21.9 Å². The number of halogens is 2. The maximum absolute atomic E-state index is 12.7. The van der Waals surface area contributed by atoms with Crippen molar-refractivity contribution in [2.75, 3.05) is 6.54 Å². The second-order valence-electron chi connectivity index (χ2n) is 5.11. The average molecular weight is 352 g/mol. The Kier molecular flexibility index (Phi) is 4.82. The van der Waals surface area contributed by atoms with Crippen LogP contribution in [0, 0.1) is 5.92 Å². The molecule has 1 fully saturated rings. The molecular formula is C13H15Cl2NO4S. The van der Waals surface area contributed by atoms with Crippen LogP contribution in [0.1, 0.15) is 19.8 Å². The zero-order chi connectivity index (χ0) is 15.8. The molecule has 1 aromatic rings. The lowest BCUT2D eigenvalue weighted by Crippen LogP contribution is -2.47. The zero-order valence-electron chi connectivity index (χ0n) is 11.3. The summed E-state index contributed by atoms with van der Waals surface area (Å²) in [7, 11) is -3.85. The molecule has 1 saturated heterocycles. The minimum absolute atomic E-state index is 0.0344. The average Bonchev–Trinajstić information content (AvgIpc) is 2.38. The van der Waals surface area contributed by atoms with Crippen molar-refractivity contribution in [1.29, 1.82) is 0 Å². The summed E-state index contributed by atoms with van der Waals surface area (Å²) < 4.78 is 26.6. The summed E-state index contributed by atoms with van der Waals surface area (Å²) >= 11 is 11.7. The Labute approximate surface area is 133 Å². The van der Waals surface area contributed by atoms with Gasteiger partial charge in [0.2, 0.25) is 10.0 Å². The Morgan fingerprint density at radius 3 is 2.57 bits per heavy atom. The highest BCUT2D eigenvalue weighted by Crippen LogP contribution is 2.32. The first-order chi connectivity index (χ1) is 9.73. The minimum Gasteiger partial charge on any atom is -0.481 e. The monoisotopic (exact) mass is 351 g/mol. The molecular weight excluding hydrogens is 337 g/mol. The lowest BCUT2D eigenvalue weighted by molar-refractivity contribution is -0.143.